The van der Waals surface area contributed by atoms with Gasteiger partial charge in [-0.25, -0.2) is 10.3 Å². The Morgan fingerprint density at radius 3 is 2.57 bits per heavy atom. The molecule has 2 rings (SSSR count). The summed E-state index contributed by atoms with van der Waals surface area (Å²) in [6.07, 6.45) is -0.895. The summed E-state index contributed by atoms with van der Waals surface area (Å²) in [6.45, 7) is 2.36. The molecular weight excluding hydrogens is 304 g/mol. The monoisotopic (exact) mass is 324 g/mol. The van der Waals surface area contributed by atoms with Crippen LogP contribution in [0.1, 0.15) is 18.9 Å². The smallest absolute Gasteiger partial charge is 0.407 e. The zero-order chi connectivity index (χ0) is 16.7. The molecule has 1 fully saturated rings. The van der Waals surface area contributed by atoms with Gasteiger partial charge in [0.1, 0.15) is 6.61 Å². The number of hydroxylamine groups is 1. The number of ether oxygens (including phenoxy) is 3. The fourth-order valence-electron chi connectivity index (χ4n) is 2.29. The van der Waals surface area contributed by atoms with E-state index in [1.165, 1.54) is 5.48 Å². The molecule has 126 valence electrons. The van der Waals surface area contributed by atoms with Crippen molar-refractivity contribution in [2.24, 2.45) is 0 Å². The molecule has 0 aliphatic carbocycles. The highest BCUT2D eigenvalue weighted by Crippen LogP contribution is 2.27. The zero-order valence-corrected chi connectivity index (χ0v) is 12.8. The average molecular weight is 324 g/mol. The van der Waals surface area contributed by atoms with Crippen molar-refractivity contribution in [2.75, 3.05) is 13.2 Å². The first kappa shape index (κ1) is 17.2. The van der Waals surface area contributed by atoms with Gasteiger partial charge in [-0.15, -0.1) is 0 Å². The van der Waals surface area contributed by atoms with Crippen LogP contribution in [0.25, 0.3) is 0 Å². The second-order valence-electron chi connectivity index (χ2n) is 5.15. The Hall–Kier alpha value is -2.16. The van der Waals surface area contributed by atoms with Gasteiger partial charge in [-0.2, -0.15) is 0 Å². The van der Waals surface area contributed by atoms with Crippen LogP contribution in [-0.2, 0) is 25.6 Å². The number of nitrogens with one attached hydrogen (secondary N) is 2. The van der Waals surface area contributed by atoms with Crippen LogP contribution in [-0.4, -0.2) is 42.3 Å². The van der Waals surface area contributed by atoms with Crippen LogP contribution in [0.4, 0.5) is 4.79 Å². The highest BCUT2D eigenvalue weighted by Gasteiger charge is 2.45. The Kier molecular flexibility index (Phi) is 5.91. The zero-order valence-electron chi connectivity index (χ0n) is 12.8. The van der Waals surface area contributed by atoms with Crippen molar-refractivity contribution in [1.29, 1.82) is 0 Å². The van der Waals surface area contributed by atoms with E-state index in [4.69, 9.17) is 19.4 Å². The van der Waals surface area contributed by atoms with E-state index < -0.39 is 23.8 Å². The molecule has 3 N–H and O–H groups in total. The maximum Gasteiger partial charge on any atom is 0.407 e. The summed E-state index contributed by atoms with van der Waals surface area (Å²) in [4.78, 5) is 23.3. The van der Waals surface area contributed by atoms with Crippen LogP contribution >= 0.6 is 0 Å². The Morgan fingerprint density at radius 1 is 1.30 bits per heavy atom. The molecule has 1 unspecified atom stereocenters. The van der Waals surface area contributed by atoms with Gasteiger partial charge in [0.15, 0.2) is 5.79 Å². The largest absolute Gasteiger partial charge is 0.445 e. The summed E-state index contributed by atoms with van der Waals surface area (Å²) in [5, 5.41) is 11.3. The van der Waals surface area contributed by atoms with Gasteiger partial charge in [-0.3, -0.25) is 10.0 Å². The molecule has 2 amide bonds. The lowest BCUT2D eigenvalue weighted by molar-refractivity contribution is -0.186. The molecule has 1 aliphatic heterocycles. The summed E-state index contributed by atoms with van der Waals surface area (Å²) in [5.41, 5.74) is 2.39. The fraction of sp³-hybridized carbons (Fsp3) is 0.467. The van der Waals surface area contributed by atoms with E-state index >= 15 is 0 Å². The normalized spacial score (nSPS) is 17.3. The minimum atomic E-state index is -1.32. The van der Waals surface area contributed by atoms with Crippen molar-refractivity contribution in [3.63, 3.8) is 0 Å². The van der Waals surface area contributed by atoms with Crippen LogP contribution in [0.5, 0.6) is 0 Å². The van der Waals surface area contributed by atoms with Gasteiger partial charge in [0, 0.05) is 0 Å². The molecule has 1 heterocycles. The fourth-order valence-corrected chi connectivity index (χ4v) is 2.29. The van der Waals surface area contributed by atoms with E-state index in [1.54, 1.807) is 6.92 Å². The van der Waals surface area contributed by atoms with Crippen molar-refractivity contribution in [3.05, 3.63) is 35.9 Å². The molecule has 1 atom stereocenters. The molecule has 23 heavy (non-hydrogen) atoms. The van der Waals surface area contributed by atoms with Crippen molar-refractivity contribution in [3.8, 4) is 0 Å². The van der Waals surface area contributed by atoms with E-state index in [2.05, 4.69) is 5.32 Å². The van der Waals surface area contributed by atoms with Gasteiger partial charge in [0.05, 0.1) is 25.7 Å². The van der Waals surface area contributed by atoms with Crippen LogP contribution in [0.15, 0.2) is 30.3 Å². The summed E-state index contributed by atoms with van der Waals surface area (Å²) >= 11 is 0. The topological polar surface area (TPSA) is 106 Å². The molecule has 0 saturated carbocycles. The highest BCUT2D eigenvalue weighted by molar-refractivity contribution is 5.76. The molecule has 1 aromatic rings. The Morgan fingerprint density at radius 2 is 1.96 bits per heavy atom. The predicted octanol–water partition coefficient (Wildman–Crippen LogP) is 0.940. The van der Waals surface area contributed by atoms with Gasteiger partial charge in [0.25, 0.3) is 0 Å². The number of hydrogen-bond acceptors (Lipinski definition) is 6. The number of alkyl carbamates (subject to hydrolysis) is 1. The first-order valence-electron chi connectivity index (χ1n) is 7.24. The van der Waals surface area contributed by atoms with E-state index in [0.29, 0.717) is 13.2 Å². The van der Waals surface area contributed by atoms with Crippen molar-refractivity contribution in [2.45, 2.75) is 31.8 Å². The van der Waals surface area contributed by atoms with Gasteiger partial charge in [-0.05, 0) is 12.5 Å². The molecule has 0 spiro atoms. The second-order valence-corrected chi connectivity index (χ2v) is 5.15. The second kappa shape index (κ2) is 7.91. The van der Waals surface area contributed by atoms with Crippen LogP contribution in [0, 0.1) is 0 Å². The Bertz CT molecular complexity index is 530. The van der Waals surface area contributed by atoms with Crippen molar-refractivity contribution >= 4 is 12.0 Å². The van der Waals surface area contributed by atoms with Crippen molar-refractivity contribution < 1.29 is 29.0 Å². The molecule has 1 aromatic carbocycles. The number of amides is 2. The van der Waals surface area contributed by atoms with Gasteiger partial charge >= 0.3 is 6.09 Å². The third-order valence-electron chi connectivity index (χ3n) is 3.51. The lowest BCUT2D eigenvalue weighted by atomic mass is 10.0. The molecule has 0 radical (unpaired) electrons. The van der Waals surface area contributed by atoms with E-state index in [-0.39, 0.29) is 13.0 Å². The van der Waals surface area contributed by atoms with Gasteiger partial charge in [-0.1, -0.05) is 30.3 Å². The van der Waals surface area contributed by atoms with E-state index in [1.807, 2.05) is 30.3 Å². The molecular formula is C15H20N2O6. The third kappa shape index (κ3) is 4.65. The van der Waals surface area contributed by atoms with Gasteiger partial charge in [0.2, 0.25) is 5.91 Å². The summed E-state index contributed by atoms with van der Waals surface area (Å²) < 4.78 is 16.1. The highest BCUT2D eigenvalue weighted by atomic mass is 16.7. The SMILES string of the molecule is CC(NC(=O)OCc1ccccc1)C1(CC(=O)NO)OCCO1. The molecule has 8 heteroatoms. The summed E-state index contributed by atoms with van der Waals surface area (Å²) in [7, 11) is 0. The summed E-state index contributed by atoms with van der Waals surface area (Å²) in [5.74, 6) is -1.99. The van der Waals surface area contributed by atoms with Gasteiger partial charge < -0.3 is 19.5 Å². The predicted molar refractivity (Wildman–Crippen MR) is 78.4 cm³/mol. The van der Waals surface area contributed by atoms with E-state index in [0.717, 1.165) is 5.56 Å². The Labute approximate surface area is 133 Å². The third-order valence-corrected chi connectivity index (χ3v) is 3.51. The maximum atomic E-state index is 11.9. The van der Waals surface area contributed by atoms with Crippen molar-refractivity contribution in [1.82, 2.24) is 10.8 Å². The first-order valence-corrected chi connectivity index (χ1v) is 7.24. The average Bonchev–Trinajstić information content (AvgIpc) is 3.03. The number of carbonyl (C=O) groups is 2. The Balaban J connectivity index is 1.89. The molecule has 1 saturated heterocycles. The lowest BCUT2D eigenvalue weighted by Crippen LogP contribution is -2.54. The number of hydrogen-bond donors (Lipinski definition) is 3. The first-order chi connectivity index (χ1) is 11.1. The van der Waals surface area contributed by atoms with Crippen LogP contribution in [0.3, 0.4) is 0 Å². The molecule has 1 aliphatic rings. The van der Waals surface area contributed by atoms with E-state index in [9.17, 15) is 9.59 Å². The number of carbonyl (C=O) groups excluding carboxylic acids is 2. The summed E-state index contributed by atoms with van der Waals surface area (Å²) in [6, 6.07) is 8.60. The van der Waals surface area contributed by atoms with Crippen LogP contribution in [0.2, 0.25) is 0 Å². The quantitative estimate of drug-likeness (QED) is 0.531. The number of rotatable bonds is 6. The minimum Gasteiger partial charge on any atom is -0.445 e. The standard InChI is InChI=1S/C15H20N2O6/c1-11(15(9-13(18)17-20)22-7-8-23-15)16-14(19)21-10-12-5-3-2-4-6-12/h2-6,11,20H,7-10H2,1H3,(H,16,19)(H,17,18). The molecule has 0 bridgehead atoms. The molecule has 0 aromatic heterocycles. The maximum absolute atomic E-state index is 11.9. The van der Waals surface area contributed by atoms with Crippen LogP contribution < -0.4 is 10.8 Å². The molecule has 8 nitrogen and oxygen atoms in total. The lowest BCUT2D eigenvalue weighted by Gasteiger charge is -2.32. The number of benzene rings is 1. The minimum absolute atomic E-state index is 0.130.